The van der Waals surface area contributed by atoms with Crippen molar-refractivity contribution in [3.8, 4) is 0 Å². The van der Waals surface area contributed by atoms with Crippen molar-refractivity contribution in [2.24, 2.45) is 0 Å². The highest BCUT2D eigenvalue weighted by Crippen LogP contribution is 2.27. The monoisotopic (exact) mass is 285 g/mol. The molecular formula is C15H24FNOS. The van der Waals surface area contributed by atoms with Gasteiger partial charge in [0.25, 0.3) is 0 Å². The largest absolute Gasteiger partial charge is 0.385 e. The topological polar surface area (TPSA) is 21.3 Å². The van der Waals surface area contributed by atoms with E-state index in [9.17, 15) is 4.39 Å². The lowest BCUT2D eigenvalue weighted by atomic mass is 10.1. The Morgan fingerprint density at radius 3 is 2.68 bits per heavy atom. The molecule has 108 valence electrons. The molecule has 1 rings (SSSR count). The van der Waals surface area contributed by atoms with Crippen molar-refractivity contribution in [2.75, 3.05) is 19.5 Å². The first-order valence-corrected chi connectivity index (χ1v) is 7.57. The second-order valence-electron chi connectivity index (χ2n) is 5.53. The van der Waals surface area contributed by atoms with E-state index in [1.165, 1.54) is 6.07 Å². The van der Waals surface area contributed by atoms with Crippen LogP contribution in [0.1, 0.15) is 32.8 Å². The molecule has 1 aromatic carbocycles. The fraction of sp³-hybridized carbons (Fsp3) is 0.600. The maximum atomic E-state index is 13.9. The Labute approximate surface area is 120 Å². The molecule has 4 heteroatoms. The molecule has 0 spiro atoms. The lowest BCUT2D eigenvalue weighted by molar-refractivity contribution is 0.200. The molecule has 0 fully saturated rings. The molecule has 0 saturated carbocycles. The number of methoxy groups -OCH3 is 1. The van der Waals surface area contributed by atoms with Gasteiger partial charge in [-0.2, -0.15) is 0 Å². The molecule has 0 unspecified atom stereocenters. The Balaban J connectivity index is 2.66. The van der Waals surface area contributed by atoms with Crippen LogP contribution < -0.4 is 5.32 Å². The van der Waals surface area contributed by atoms with Crippen LogP contribution >= 0.6 is 11.8 Å². The average molecular weight is 285 g/mol. The molecule has 19 heavy (non-hydrogen) atoms. The summed E-state index contributed by atoms with van der Waals surface area (Å²) < 4.78 is 18.9. The Morgan fingerprint density at radius 1 is 1.32 bits per heavy atom. The summed E-state index contributed by atoms with van der Waals surface area (Å²) >= 11 is 1.57. The highest BCUT2D eigenvalue weighted by atomic mass is 32.2. The van der Waals surface area contributed by atoms with Gasteiger partial charge in [0.2, 0.25) is 0 Å². The van der Waals surface area contributed by atoms with Crippen molar-refractivity contribution in [3.05, 3.63) is 29.6 Å². The van der Waals surface area contributed by atoms with E-state index in [0.29, 0.717) is 6.54 Å². The Kier molecular flexibility index (Phi) is 6.83. The third-order valence-corrected chi connectivity index (χ3v) is 3.84. The van der Waals surface area contributed by atoms with Gasteiger partial charge in [-0.1, -0.05) is 12.1 Å². The van der Waals surface area contributed by atoms with E-state index < -0.39 is 0 Å². The molecule has 0 amide bonds. The molecule has 0 aliphatic heterocycles. The zero-order chi connectivity index (χ0) is 14.3. The number of ether oxygens (including phenoxy) is 1. The van der Waals surface area contributed by atoms with Gasteiger partial charge in [0.1, 0.15) is 5.82 Å². The number of benzene rings is 1. The van der Waals surface area contributed by atoms with Gasteiger partial charge in [0.05, 0.1) is 0 Å². The molecule has 0 radical (unpaired) electrons. The molecule has 0 saturated heterocycles. The zero-order valence-electron chi connectivity index (χ0n) is 12.3. The first-order valence-electron chi connectivity index (χ1n) is 6.58. The SMILES string of the molecule is COCCCSc1c(F)cccc1CNC(C)(C)C. The van der Waals surface area contributed by atoms with Crippen LogP contribution in [0, 0.1) is 5.82 Å². The second kappa shape index (κ2) is 7.88. The molecule has 1 aromatic rings. The molecular weight excluding hydrogens is 261 g/mol. The highest BCUT2D eigenvalue weighted by molar-refractivity contribution is 7.99. The predicted octanol–water partition coefficient (Wildman–Crippen LogP) is 3.84. The van der Waals surface area contributed by atoms with Gasteiger partial charge in [-0.15, -0.1) is 11.8 Å². The molecule has 0 heterocycles. The van der Waals surface area contributed by atoms with E-state index in [-0.39, 0.29) is 11.4 Å². The first kappa shape index (κ1) is 16.5. The maximum absolute atomic E-state index is 13.9. The molecule has 1 N–H and O–H groups in total. The van der Waals surface area contributed by atoms with Crippen molar-refractivity contribution in [2.45, 2.75) is 44.2 Å². The van der Waals surface area contributed by atoms with Gasteiger partial charge >= 0.3 is 0 Å². The summed E-state index contributed by atoms with van der Waals surface area (Å²) in [6.07, 6.45) is 0.932. The van der Waals surface area contributed by atoms with Crippen molar-refractivity contribution >= 4 is 11.8 Å². The standard InChI is InChI=1S/C15H24FNOS/c1-15(2,3)17-11-12-7-5-8-13(16)14(12)19-10-6-9-18-4/h5,7-8,17H,6,9-11H2,1-4H3. The lowest BCUT2D eigenvalue weighted by Crippen LogP contribution is -2.35. The Bertz CT molecular complexity index is 390. The smallest absolute Gasteiger partial charge is 0.137 e. The van der Waals surface area contributed by atoms with Crippen LogP contribution in [0.15, 0.2) is 23.1 Å². The maximum Gasteiger partial charge on any atom is 0.137 e. The number of nitrogens with one attached hydrogen (secondary N) is 1. The summed E-state index contributed by atoms with van der Waals surface area (Å²) in [6, 6.07) is 5.29. The third-order valence-electron chi connectivity index (χ3n) is 2.60. The minimum Gasteiger partial charge on any atom is -0.385 e. The summed E-state index contributed by atoms with van der Waals surface area (Å²) in [6.45, 7) is 7.73. The fourth-order valence-corrected chi connectivity index (χ4v) is 2.59. The second-order valence-corrected chi connectivity index (χ2v) is 6.63. The van der Waals surface area contributed by atoms with Gasteiger partial charge < -0.3 is 10.1 Å². The molecule has 0 aliphatic rings. The summed E-state index contributed by atoms with van der Waals surface area (Å²) in [5.41, 5.74) is 1.06. The number of rotatable bonds is 7. The number of hydrogen-bond donors (Lipinski definition) is 1. The van der Waals surface area contributed by atoms with Crippen LogP contribution in [0.3, 0.4) is 0 Å². The predicted molar refractivity (Wildman–Crippen MR) is 80.2 cm³/mol. The van der Waals surface area contributed by atoms with Gasteiger partial charge in [-0.25, -0.2) is 4.39 Å². The van der Waals surface area contributed by atoms with Gasteiger partial charge in [-0.05, 0) is 38.8 Å². The summed E-state index contributed by atoms with van der Waals surface area (Å²) in [4.78, 5) is 0.760. The molecule has 2 nitrogen and oxygen atoms in total. The summed E-state index contributed by atoms with van der Waals surface area (Å²) in [7, 11) is 1.69. The lowest BCUT2D eigenvalue weighted by Gasteiger charge is -2.21. The number of thioether (sulfide) groups is 1. The van der Waals surface area contributed by atoms with E-state index >= 15 is 0 Å². The molecule has 0 aliphatic carbocycles. The fourth-order valence-electron chi connectivity index (χ4n) is 1.59. The average Bonchev–Trinajstić information content (AvgIpc) is 2.33. The highest BCUT2D eigenvalue weighted by Gasteiger charge is 2.13. The van der Waals surface area contributed by atoms with E-state index in [2.05, 4.69) is 26.1 Å². The normalized spacial score (nSPS) is 11.8. The van der Waals surface area contributed by atoms with Crippen LogP contribution in [0.2, 0.25) is 0 Å². The van der Waals surface area contributed by atoms with Crippen molar-refractivity contribution < 1.29 is 9.13 Å². The van der Waals surface area contributed by atoms with Crippen LogP contribution in [0.25, 0.3) is 0 Å². The Morgan fingerprint density at radius 2 is 2.05 bits per heavy atom. The number of halogens is 1. The zero-order valence-corrected chi connectivity index (χ0v) is 13.1. The third kappa shape index (κ3) is 6.41. The van der Waals surface area contributed by atoms with Crippen LogP contribution in [-0.4, -0.2) is 25.0 Å². The van der Waals surface area contributed by atoms with Crippen molar-refractivity contribution in [3.63, 3.8) is 0 Å². The van der Waals surface area contributed by atoms with Crippen LogP contribution in [0.4, 0.5) is 4.39 Å². The van der Waals surface area contributed by atoms with Crippen molar-refractivity contribution in [1.82, 2.24) is 5.32 Å². The van der Waals surface area contributed by atoms with E-state index in [0.717, 1.165) is 29.2 Å². The van der Waals surface area contributed by atoms with E-state index in [1.807, 2.05) is 6.07 Å². The molecule has 0 aromatic heterocycles. The van der Waals surface area contributed by atoms with Gasteiger partial charge in [0.15, 0.2) is 0 Å². The van der Waals surface area contributed by atoms with Crippen LogP contribution in [0.5, 0.6) is 0 Å². The van der Waals surface area contributed by atoms with E-state index in [4.69, 9.17) is 4.74 Å². The summed E-state index contributed by atoms with van der Waals surface area (Å²) in [5.74, 6) is 0.743. The van der Waals surface area contributed by atoms with Crippen molar-refractivity contribution in [1.29, 1.82) is 0 Å². The molecule has 0 bridgehead atoms. The summed E-state index contributed by atoms with van der Waals surface area (Å²) in [5, 5.41) is 3.40. The van der Waals surface area contributed by atoms with Crippen LogP contribution in [-0.2, 0) is 11.3 Å². The first-order chi connectivity index (χ1) is 8.94. The minimum absolute atomic E-state index is 0.0320. The minimum atomic E-state index is -0.129. The number of hydrogen-bond acceptors (Lipinski definition) is 3. The molecule has 0 atom stereocenters. The quantitative estimate of drug-likeness (QED) is 0.607. The van der Waals surface area contributed by atoms with Gasteiger partial charge in [0, 0.05) is 36.4 Å². The van der Waals surface area contributed by atoms with Gasteiger partial charge in [-0.3, -0.25) is 0 Å². The van der Waals surface area contributed by atoms with E-state index in [1.54, 1.807) is 24.9 Å². The Hall–Kier alpha value is -0.580.